The van der Waals surface area contributed by atoms with Crippen LogP contribution in [0.5, 0.6) is 5.75 Å². The Labute approximate surface area is 179 Å². The Morgan fingerprint density at radius 3 is 2.45 bits per heavy atom. The lowest BCUT2D eigenvalue weighted by Gasteiger charge is -2.25. The Kier molecular flexibility index (Phi) is 4.59. The van der Waals surface area contributed by atoms with Gasteiger partial charge in [0.25, 0.3) is 5.91 Å². The molecule has 1 aliphatic heterocycles. The predicted molar refractivity (Wildman–Crippen MR) is 118 cm³/mol. The fourth-order valence-electron chi connectivity index (χ4n) is 4.26. The van der Waals surface area contributed by atoms with Crippen molar-refractivity contribution in [2.24, 2.45) is 0 Å². The maximum atomic E-state index is 13.5. The molecule has 3 aromatic carbocycles. The summed E-state index contributed by atoms with van der Waals surface area (Å²) < 4.78 is 5.97. The topological polar surface area (TPSA) is 70.8 Å². The molecule has 5 rings (SSSR count). The van der Waals surface area contributed by atoms with Crippen LogP contribution in [0.3, 0.4) is 0 Å². The molecule has 1 aliphatic rings. The number of carbonyl (C=O) groups excluding carboxylic acids is 1. The van der Waals surface area contributed by atoms with Gasteiger partial charge in [0.1, 0.15) is 11.3 Å². The number of phenols is 1. The van der Waals surface area contributed by atoms with Crippen molar-refractivity contribution in [2.75, 3.05) is 6.54 Å². The second kappa shape index (κ2) is 7.43. The van der Waals surface area contributed by atoms with Crippen molar-refractivity contribution in [3.05, 3.63) is 111 Å². The summed E-state index contributed by atoms with van der Waals surface area (Å²) in [6.45, 7) is 2.36. The van der Waals surface area contributed by atoms with Crippen molar-refractivity contribution >= 4 is 16.9 Å². The minimum absolute atomic E-state index is 0.104. The van der Waals surface area contributed by atoms with Gasteiger partial charge in [0.05, 0.1) is 17.0 Å². The van der Waals surface area contributed by atoms with E-state index in [1.807, 2.05) is 43.3 Å². The van der Waals surface area contributed by atoms with Gasteiger partial charge in [0.2, 0.25) is 5.76 Å². The maximum absolute atomic E-state index is 13.5. The molecule has 154 valence electrons. The number of nitrogens with zero attached hydrogens (tertiary/aromatic N) is 1. The molecular formula is C26H21NO4. The summed E-state index contributed by atoms with van der Waals surface area (Å²) in [5, 5.41) is 10.2. The Hall–Kier alpha value is -3.86. The minimum atomic E-state index is -0.562. The van der Waals surface area contributed by atoms with Gasteiger partial charge in [-0.15, -0.1) is 0 Å². The first kappa shape index (κ1) is 19.1. The van der Waals surface area contributed by atoms with Gasteiger partial charge in [-0.25, -0.2) is 0 Å². The van der Waals surface area contributed by atoms with Gasteiger partial charge < -0.3 is 14.4 Å². The van der Waals surface area contributed by atoms with Crippen molar-refractivity contribution in [2.45, 2.75) is 19.4 Å². The summed E-state index contributed by atoms with van der Waals surface area (Å²) in [5.74, 6) is -0.0543. The van der Waals surface area contributed by atoms with Crippen LogP contribution in [0, 0.1) is 6.92 Å². The smallest absolute Gasteiger partial charge is 0.290 e. The summed E-state index contributed by atoms with van der Waals surface area (Å²) in [6.07, 6.45) is 0.655. The number of rotatable bonds is 4. The van der Waals surface area contributed by atoms with Gasteiger partial charge in [-0.05, 0) is 48.7 Å². The molecule has 5 heteroatoms. The highest BCUT2D eigenvalue weighted by Gasteiger charge is 2.42. The molecule has 2 heterocycles. The van der Waals surface area contributed by atoms with E-state index < -0.39 is 6.04 Å². The van der Waals surface area contributed by atoms with Gasteiger partial charge in [-0.3, -0.25) is 9.59 Å². The normalized spacial score (nSPS) is 15.5. The van der Waals surface area contributed by atoms with Gasteiger partial charge in [-0.1, -0.05) is 54.1 Å². The summed E-state index contributed by atoms with van der Waals surface area (Å²) >= 11 is 0. The lowest BCUT2D eigenvalue weighted by molar-refractivity contribution is 0.0730. The lowest BCUT2D eigenvalue weighted by atomic mass is 9.98. The second-order valence-corrected chi connectivity index (χ2v) is 7.90. The van der Waals surface area contributed by atoms with Crippen LogP contribution >= 0.6 is 0 Å². The quantitative estimate of drug-likeness (QED) is 0.533. The number of carbonyl (C=O) groups is 1. The number of aromatic hydroxyl groups is 1. The lowest BCUT2D eigenvalue weighted by Crippen LogP contribution is -2.31. The number of amides is 1. The molecule has 0 saturated heterocycles. The molecule has 4 aromatic rings. The zero-order valence-electron chi connectivity index (χ0n) is 17.0. The standard InChI is InChI=1S/C26H21NO4/c1-16-7-12-21-20(15-16)24(29)22-23(18-8-10-19(28)11-9-18)27(26(30)25(22)31-21)14-13-17-5-3-2-4-6-17/h2-12,15,23,28H,13-14H2,1H3. The zero-order chi connectivity index (χ0) is 21.5. The fourth-order valence-corrected chi connectivity index (χ4v) is 4.26. The molecule has 1 unspecified atom stereocenters. The van der Waals surface area contributed by atoms with Crippen LogP contribution in [0.4, 0.5) is 0 Å². The predicted octanol–water partition coefficient (Wildman–Crippen LogP) is 4.59. The van der Waals surface area contributed by atoms with E-state index in [-0.39, 0.29) is 22.8 Å². The molecular weight excluding hydrogens is 390 g/mol. The Morgan fingerprint density at radius 1 is 0.968 bits per heavy atom. The first-order valence-corrected chi connectivity index (χ1v) is 10.2. The summed E-state index contributed by atoms with van der Waals surface area (Å²) in [5.41, 5.74) is 3.41. The second-order valence-electron chi connectivity index (χ2n) is 7.90. The third kappa shape index (κ3) is 3.28. The van der Waals surface area contributed by atoms with Crippen LogP contribution in [0.2, 0.25) is 0 Å². The highest BCUT2D eigenvalue weighted by Crippen LogP contribution is 2.38. The molecule has 0 saturated carbocycles. The van der Waals surface area contributed by atoms with E-state index >= 15 is 0 Å². The number of benzene rings is 3. The SMILES string of the molecule is Cc1ccc2oc3c(c(=O)c2c1)C(c1ccc(O)cc1)N(CCc1ccccc1)C3=O. The summed E-state index contributed by atoms with van der Waals surface area (Å²) in [4.78, 5) is 28.6. The Balaban J connectivity index is 1.66. The maximum Gasteiger partial charge on any atom is 0.290 e. The fraction of sp³-hybridized carbons (Fsp3) is 0.154. The van der Waals surface area contributed by atoms with Crippen LogP contribution in [0.25, 0.3) is 11.0 Å². The van der Waals surface area contributed by atoms with E-state index in [1.165, 1.54) is 0 Å². The number of phenolic OH excluding ortho intramolecular Hbond substituents is 1. The molecule has 0 fully saturated rings. The molecule has 1 N–H and O–H groups in total. The number of hydrogen-bond donors (Lipinski definition) is 1. The van der Waals surface area contributed by atoms with E-state index in [1.54, 1.807) is 41.3 Å². The van der Waals surface area contributed by atoms with E-state index in [2.05, 4.69) is 0 Å². The Bertz CT molecular complexity index is 1340. The monoisotopic (exact) mass is 411 g/mol. The molecule has 1 amide bonds. The van der Waals surface area contributed by atoms with Crippen LogP contribution in [0.15, 0.2) is 82.0 Å². The van der Waals surface area contributed by atoms with Crippen molar-refractivity contribution in [3.8, 4) is 5.75 Å². The number of aryl methyl sites for hydroxylation is 1. The van der Waals surface area contributed by atoms with Crippen LogP contribution < -0.4 is 5.43 Å². The molecule has 0 radical (unpaired) electrons. The highest BCUT2D eigenvalue weighted by molar-refractivity contribution is 5.99. The molecule has 5 nitrogen and oxygen atoms in total. The van der Waals surface area contributed by atoms with E-state index in [0.717, 1.165) is 16.7 Å². The average Bonchev–Trinajstić information content (AvgIpc) is 3.06. The Morgan fingerprint density at radius 2 is 1.71 bits per heavy atom. The van der Waals surface area contributed by atoms with Crippen molar-refractivity contribution in [1.82, 2.24) is 4.90 Å². The summed E-state index contributed by atoms with van der Waals surface area (Å²) in [7, 11) is 0. The molecule has 0 bridgehead atoms. The van der Waals surface area contributed by atoms with Crippen molar-refractivity contribution in [1.29, 1.82) is 0 Å². The highest BCUT2D eigenvalue weighted by atomic mass is 16.3. The minimum Gasteiger partial charge on any atom is -0.508 e. The van der Waals surface area contributed by atoms with Crippen molar-refractivity contribution < 1.29 is 14.3 Å². The molecule has 1 atom stereocenters. The van der Waals surface area contributed by atoms with Crippen LogP contribution in [-0.2, 0) is 6.42 Å². The van der Waals surface area contributed by atoms with Gasteiger partial charge in [0.15, 0.2) is 5.43 Å². The van der Waals surface area contributed by atoms with Gasteiger partial charge >= 0.3 is 0 Å². The average molecular weight is 411 g/mol. The molecule has 0 aliphatic carbocycles. The van der Waals surface area contributed by atoms with Gasteiger partial charge in [0, 0.05) is 6.54 Å². The van der Waals surface area contributed by atoms with E-state index in [9.17, 15) is 14.7 Å². The van der Waals surface area contributed by atoms with Crippen LogP contribution in [-0.4, -0.2) is 22.5 Å². The molecule has 31 heavy (non-hydrogen) atoms. The number of fused-ring (bicyclic) bond motifs is 2. The largest absolute Gasteiger partial charge is 0.508 e. The summed E-state index contributed by atoms with van der Waals surface area (Å²) in [6, 6.07) is 21.4. The first-order chi connectivity index (χ1) is 15.0. The van der Waals surface area contributed by atoms with E-state index in [4.69, 9.17) is 4.42 Å². The van der Waals surface area contributed by atoms with Gasteiger partial charge in [-0.2, -0.15) is 0 Å². The van der Waals surface area contributed by atoms with Crippen LogP contribution in [0.1, 0.15) is 38.9 Å². The third-order valence-corrected chi connectivity index (χ3v) is 5.81. The molecule has 1 aromatic heterocycles. The zero-order valence-corrected chi connectivity index (χ0v) is 17.0. The number of hydrogen-bond acceptors (Lipinski definition) is 4. The van der Waals surface area contributed by atoms with Crippen molar-refractivity contribution in [3.63, 3.8) is 0 Å². The first-order valence-electron chi connectivity index (χ1n) is 10.2. The molecule has 0 spiro atoms. The van der Waals surface area contributed by atoms with E-state index in [0.29, 0.717) is 29.5 Å². The third-order valence-electron chi connectivity index (χ3n) is 5.81.